The summed E-state index contributed by atoms with van der Waals surface area (Å²) in [6, 6.07) is 7.68. The zero-order valence-corrected chi connectivity index (χ0v) is 10.5. The zero-order chi connectivity index (χ0) is 12.0. The molecule has 0 radical (unpaired) electrons. The predicted molar refractivity (Wildman–Crippen MR) is 66.2 cm³/mol. The van der Waals surface area contributed by atoms with Crippen LogP contribution in [0.3, 0.4) is 0 Å². The molecule has 16 heavy (non-hydrogen) atoms. The average molecular weight is 223 g/mol. The third kappa shape index (κ3) is 3.42. The second-order valence-corrected chi connectivity index (χ2v) is 4.11. The number of ether oxygens (including phenoxy) is 2. The van der Waals surface area contributed by atoms with Crippen LogP contribution in [0.25, 0.3) is 0 Å². The molecule has 1 atom stereocenters. The van der Waals surface area contributed by atoms with Crippen molar-refractivity contribution in [3.63, 3.8) is 0 Å². The third-order valence-corrected chi connectivity index (χ3v) is 2.72. The molecule has 1 aromatic rings. The molecule has 0 aliphatic heterocycles. The maximum atomic E-state index is 5.97. The molecule has 0 spiro atoms. The summed E-state index contributed by atoms with van der Waals surface area (Å²) < 4.78 is 11.1. The SMILES string of the molecule is CCC(C)(CNC)Oc1ccc(OC)cc1. The van der Waals surface area contributed by atoms with Gasteiger partial charge in [0.1, 0.15) is 17.1 Å². The van der Waals surface area contributed by atoms with Crippen LogP contribution in [0.15, 0.2) is 24.3 Å². The minimum Gasteiger partial charge on any atom is -0.497 e. The van der Waals surface area contributed by atoms with Crippen LogP contribution >= 0.6 is 0 Å². The first-order valence-electron chi connectivity index (χ1n) is 5.61. The van der Waals surface area contributed by atoms with E-state index >= 15 is 0 Å². The summed E-state index contributed by atoms with van der Waals surface area (Å²) in [5, 5.41) is 3.15. The lowest BCUT2D eigenvalue weighted by atomic mass is 10.0. The Hall–Kier alpha value is -1.22. The summed E-state index contributed by atoms with van der Waals surface area (Å²) in [7, 11) is 3.60. The van der Waals surface area contributed by atoms with Gasteiger partial charge in [0.25, 0.3) is 0 Å². The highest BCUT2D eigenvalue weighted by molar-refractivity contribution is 5.31. The second kappa shape index (κ2) is 5.75. The molecule has 0 fully saturated rings. The Morgan fingerprint density at radius 1 is 1.19 bits per heavy atom. The topological polar surface area (TPSA) is 30.5 Å². The lowest BCUT2D eigenvalue weighted by molar-refractivity contribution is 0.0857. The van der Waals surface area contributed by atoms with Gasteiger partial charge in [0.05, 0.1) is 7.11 Å². The van der Waals surface area contributed by atoms with Gasteiger partial charge < -0.3 is 14.8 Å². The Morgan fingerprint density at radius 3 is 2.19 bits per heavy atom. The van der Waals surface area contributed by atoms with Crippen LogP contribution in [0.2, 0.25) is 0 Å². The van der Waals surface area contributed by atoms with Crippen LogP contribution in [0.1, 0.15) is 20.3 Å². The number of likely N-dealkylation sites (N-methyl/N-ethyl adjacent to an activating group) is 1. The summed E-state index contributed by atoms with van der Waals surface area (Å²) >= 11 is 0. The second-order valence-electron chi connectivity index (χ2n) is 4.11. The monoisotopic (exact) mass is 223 g/mol. The molecular weight excluding hydrogens is 202 g/mol. The molecule has 3 heteroatoms. The quantitative estimate of drug-likeness (QED) is 0.803. The first-order valence-corrected chi connectivity index (χ1v) is 5.61. The molecular formula is C13H21NO2. The molecule has 3 nitrogen and oxygen atoms in total. The van der Waals surface area contributed by atoms with Gasteiger partial charge >= 0.3 is 0 Å². The van der Waals surface area contributed by atoms with Crippen LogP contribution in [0, 0.1) is 0 Å². The van der Waals surface area contributed by atoms with Crippen molar-refractivity contribution in [2.45, 2.75) is 25.9 Å². The molecule has 0 saturated carbocycles. The van der Waals surface area contributed by atoms with Gasteiger partial charge in [-0.25, -0.2) is 0 Å². The Bertz CT molecular complexity index is 310. The lowest BCUT2D eigenvalue weighted by Crippen LogP contribution is -2.41. The predicted octanol–water partition coefficient (Wildman–Crippen LogP) is 2.46. The molecule has 1 N–H and O–H groups in total. The van der Waals surface area contributed by atoms with Gasteiger partial charge in [-0.15, -0.1) is 0 Å². The molecule has 1 unspecified atom stereocenters. The van der Waals surface area contributed by atoms with Crippen molar-refractivity contribution in [1.82, 2.24) is 5.32 Å². The highest BCUT2D eigenvalue weighted by Crippen LogP contribution is 2.23. The van der Waals surface area contributed by atoms with Gasteiger partial charge in [-0.1, -0.05) is 6.92 Å². The van der Waals surface area contributed by atoms with E-state index in [1.807, 2.05) is 31.3 Å². The number of hydrogen-bond donors (Lipinski definition) is 1. The zero-order valence-electron chi connectivity index (χ0n) is 10.5. The number of rotatable bonds is 6. The standard InChI is InChI=1S/C13H21NO2/c1-5-13(2,10-14-3)16-12-8-6-11(15-4)7-9-12/h6-9,14H,5,10H2,1-4H3. The summed E-state index contributed by atoms with van der Waals surface area (Å²) in [6.07, 6.45) is 0.958. The van der Waals surface area contributed by atoms with Crippen molar-refractivity contribution in [2.75, 3.05) is 20.7 Å². The maximum absolute atomic E-state index is 5.97. The first kappa shape index (κ1) is 12.8. The molecule has 0 heterocycles. The van der Waals surface area contributed by atoms with Crippen LogP contribution < -0.4 is 14.8 Å². The van der Waals surface area contributed by atoms with Gasteiger partial charge in [0, 0.05) is 6.54 Å². The van der Waals surface area contributed by atoms with Crippen molar-refractivity contribution >= 4 is 0 Å². The van der Waals surface area contributed by atoms with Gasteiger partial charge in [-0.3, -0.25) is 0 Å². The van der Waals surface area contributed by atoms with E-state index < -0.39 is 0 Å². The summed E-state index contributed by atoms with van der Waals surface area (Å²) in [6.45, 7) is 5.06. The molecule has 0 aliphatic rings. The van der Waals surface area contributed by atoms with Crippen molar-refractivity contribution in [3.8, 4) is 11.5 Å². The van der Waals surface area contributed by atoms with E-state index in [0.717, 1.165) is 24.5 Å². The highest BCUT2D eigenvalue weighted by Gasteiger charge is 2.22. The summed E-state index contributed by atoms with van der Waals surface area (Å²) in [4.78, 5) is 0. The van der Waals surface area contributed by atoms with Gasteiger partial charge in [0.2, 0.25) is 0 Å². The number of hydrogen-bond acceptors (Lipinski definition) is 3. The largest absolute Gasteiger partial charge is 0.497 e. The third-order valence-electron chi connectivity index (χ3n) is 2.72. The Balaban J connectivity index is 2.70. The van der Waals surface area contributed by atoms with Crippen LogP contribution in [-0.2, 0) is 0 Å². The van der Waals surface area contributed by atoms with Crippen molar-refractivity contribution in [3.05, 3.63) is 24.3 Å². The van der Waals surface area contributed by atoms with Crippen LogP contribution in [0.5, 0.6) is 11.5 Å². The fraction of sp³-hybridized carbons (Fsp3) is 0.538. The molecule has 0 aromatic heterocycles. The van der Waals surface area contributed by atoms with Crippen LogP contribution in [-0.4, -0.2) is 26.3 Å². The van der Waals surface area contributed by atoms with E-state index in [2.05, 4.69) is 19.2 Å². The first-order chi connectivity index (χ1) is 7.63. The fourth-order valence-corrected chi connectivity index (χ4v) is 1.54. The van der Waals surface area contributed by atoms with E-state index in [1.54, 1.807) is 7.11 Å². The van der Waals surface area contributed by atoms with Gasteiger partial charge in [-0.2, -0.15) is 0 Å². The van der Waals surface area contributed by atoms with Crippen molar-refractivity contribution in [1.29, 1.82) is 0 Å². The Kier molecular flexibility index (Phi) is 4.62. The van der Waals surface area contributed by atoms with Gasteiger partial charge in [-0.05, 0) is 44.7 Å². The smallest absolute Gasteiger partial charge is 0.120 e. The van der Waals surface area contributed by atoms with E-state index in [1.165, 1.54) is 0 Å². The van der Waals surface area contributed by atoms with E-state index in [0.29, 0.717) is 0 Å². The van der Waals surface area contributed by atoms with E-state index in [-0.39, 0.29) is 5.60 Å². The molecule has 0 saturated heterocycles. The molecule has 0 aliphatic carbocycles. The minimum absolute atomic E-state index is 0.163. The van der Waals surface area contributed by atoms with E-state index in [4.69, 9.17) is 9.47 Å². The van der Waals surface area contributed by atoms with E-state index in [9.17, 15) is 0 Å². The number of methoxy groups -OCH3 is 1. The molecule has 1 aromatic carbocycles. The molecule has 1 rings (SSSR count). The Morgan fingerprint density at radius 2 is 1.75 bits per heavy atom. The molecule has 0 amide bonds. The normalized spacial score (nSPS) is 14.2. The average Bonchev–Trinajstić information content (AvgIpc) is 2.30. The minimum atomic E-state index is -0.163. The number of nitrogens with one attached hydrogen (secondary N) is 1. The Labute approximate surface area is 97.8 Å². The van der Waals surface area contributed by atoms with Gasteiger partial charge in [0.15, 0.2) is 0 Å². The summed E-state index contributed by atoms with van der Waals surface area (Å²) in [5.41, 5.74) is -0.163. The van der Waals surface area contributed by atoms with Crippen molar-refractivity contribution in [2.24, 2.45) is 0 Å². The molecule has 0 bridgehead atoms. The molecule has 90 valence electrons. The summed E-state index contributed by atoms with van der Waals surface area (Å²) in [5.74, 6) is 1.72. The fourth-order valence-electron chi connectivity index (χ4n) is 1.54. The van der Waals surface area contributed by atoms with Crippen LogP contribution in [0.4, 0.5) is 0 Å². The lowest BCUT2D eigenvalue weighted by Gasteiger charge is -2.29. The maximum Gasteiger partial charge on any atom is 0.120 e. The highest BCUT2D eigenvalue weighted by atomic mass is 16.5. The number of benzene rings is 1. The van der Waals surface area contributed by atoms with Crippen molar-refractivity contribution < 1.29 is 9.47 Å².